The summed E-state index contributed by atoms with van der Waals surface area (Å²) in [4.78, 5) is 35.9. The normalized spacial score (nSPS) is 13.5. The van der Waals surface area contributed by atoms with Crippen LogP contribution in [0.5, 0.6) is 0 Å². The van der Waals surface area contributed by atoms with Gasteiger partial charge in [-0.05, 0) is 48.9 Å². The third-order valence-corrected chi connectivity index (χ3v) is 5.97. The Bertz CT molecular complexity index is 972. The molecule has 1 unspecified atom stereocenters. The van der Waals surface area contributed by atoms with E-state index in [-0.39, 0.29) is 24.9 Å². The number of amides is 2. The molecule has 1 aliphatic carbocycles. The summed E-state index contributed by atoms with van der Waals surface area (Å²) in [7, 11) is 0. The minimum absolute atomic E-state index is 0.0245. The molecule has 0 saturated carbocycles. The Labute approximate surface area is 194 Å². The Hall–Kier alpha value is -3.35. The molecule has 1 aliphatic rings. The van der Waals surface area contributed by atoms with Crippen LogP contribution < -0.4 is 10.6 Å². The van der Waals surface area contributed by atoms with E-state index in [9.17, 15) is 19.5 Å². The highest BCUT2D eigenvalue weighted by molar-refractivity contribution is 5.83. The zero-order valence-electron chi connectivity index (χ0n) is 19.4. The molecular weight excluding hydrogens is 420 g/mol. The maximum atomic E-state index is 12.5. The second-order valence-corrected chi connectivity index (χ2v) is 9.08. The summed E-state index contributed by atoms with van der Waals surface area (Å²) in [6, 6.07) is 15.4. The monoisotopic (exact) mass is 452 g/mol. The second kappa shape index (κ2) is 10.5. The smallest absolute Gasteiger partial charge is 0.407 e. The van der Waals surface area contributed by atoms with Gasteiger partial charge in [-0.15, -0.1) is 0 Å². The first kappa shape index (κ1) is 24.3. The van der Waals surface area contributed by atoms with E-state index in [2.05, 4.69) is 34.9 Å². The number of hydrogen-bond donors (Lipinski definition) is 3. The number of fused-ring (bicyclic) bond motifs is 3. The zero-order valence-corrected chi connectivity index (χ0v) is 19.4. The quantitative estimate of drug-likeness (QED) is 0.494. The molecule has 1 atom stereocenters. The van der Waals surface area contributed by atoms with Crippen LogP contribution in [0.15, 0.2) is 48.5 Å². The number of carbonyl (C=O) groups is 3. The molecule has 0 saturated heterocycles. The molecule has 33 heavy (non-hydrogen) atoms. The van der Waals surface area contributed by atoms with Gasteiger partial charge in [0, 0.05) is 17.9 Å². The first-order valence-corrected chi connectivity index (χ1v) is 11.4. The molecule has 2 aromatic rings. The van der Waals surface area contributed by atoms with Crippen molar-refractivity contribution in [2.45, 2.75) is 64.0 Å². The lowest BCUT2D eigenvalue weighted by Crippen LogP contribution is -2.46. The Kier molecular flexibility index (Phi) is 7.74. The van der Waals surface area contributed by atoms with Gasteiger partial charge in [0.05, 0.1) is 0 Å². The molecule has 0 fully saturated rings. The number of aliphatic carboxylic acids is 1. The van der Waals surface area contributed by atoms with Crippen LogP contribution in [0.1, 0.15) is 63.5 Å². The summed E-state index contributed by atoms with van der Waals surface area (Å²) in [5, 5.41) is 14.6. The van der Waals surface area contributed by atoms with Gasteiger partial charge in [-0.3, -0.25) is 4.79 Å². The summed E-state index contributed by atoms with van der Waals surface area (Å²) in [5.74, 6) is -1.41. The summed E-state index contributed by atoms with van der Waals surface area (Å²) in [6.45, 7) is 5.70. The summed E-state index contributed by atoms with van der Waals surface area (Å²) in [5.41, 5.74) is 3.92. The number of carboxylic acid groups (broad SMARTS) is 1. The third kappa shape index (κ3) is 6.12. The van der Waals surface area contributed by atoms with Gasteiger partial charge in [0.1, 0.15) is 12.6 Å². The van der Waals surface area contributed by atoms with Gasteiger partial charge in [-0.25, -0.2) is 9.59 Å². The van der Waals surface area contributed by atoms with Crippen molar-refractivity contribution >= 4 is 18.0 Å². The molecule has 0 heterocycles. The van der Waals surface area contributed by atoms with E-state index < -0.39 is 23.6 Å². The Morgan fingerprint density at radius 3 is 2.15 bits per heavy atom. The number of benzene rings is 2. The molecule has 2 amide bonds. The van der Waals surface area contributed by atoms with Gasteiger partial charge in [0.15, 0.2) is 0 Å². The van der Waals surface area contributed by atoms with E-state index in [0.717, 1.165) is 22.3 Å². The highest BCUT2D eigenvalue weighted by Crippen LogP contribution is 2.44. The summed E-state index contributed by atoms with van der Waals surface area (Å²) < 4.78 is 5.58. The lowest BCUT2D eigenvalue weighted by atomic mass is 9.98. The number of carboxylic acids is 1. The van der Waals surface area contributed by atoms with E-state index in [4.69, 9.17) is 4.74 Å². The standard InChI is InChI=1S/C26H32N2O5/c1-4-9-22(24(30)31)27-23(29)14-15-26(2,3)28-25(32)33-16-21-19-12-7-5-10-17(19)18-11-6-8-13-20(18)21/h5-8,10-13,21-22H,4,9,14-16H2,1-3H3,(H,27,29)(H,28,32)(H,30,31). The summed E-state index contributed by atoms with van der Waals surface area (Å²) >= 11 is 0. The number of alkyl carbamates (subject to hydrolysis) is 1. The molecule has 0 radical (unpaired) electrons. The highest BCUT2D eigenvalue weighted by Gasteiger charge is 2.30. The van der Waals surface area contributed by atoms with Gasteiger partial charge in [-0.2, -0.15) is 0 Å². The predicted molar refractivity (Wildman–Crippen MR) is 126 cm³/mol. The average molecular weight is 453 g/mol. The summed E-state index contributed by atoms with van der Waals surface area (Å²) in [6.07, 6.45) is 0.942. The van der Waals surface area contributed by atoms with Crippen LogP contribution in [0.25, 0.3) is 11.1 Å². The van der Waals surface area contributed by atoms with Crippen molar-refractivity contribution in [3.8, 4) is 11.1 Å². The van der Waals surface area contributed by atoms with Crippen LogP contribution in [-0.2, 0) is 14.3 Å². The SMILES string of the molecule is CCCC(NC(=O)CCC(C)(C)NC(=O)OCC1c2ccccc2-c2ccccc21)C(=O)O. The molecular formula is C26H32N2O5. The molecule has 0 aromatic heterocycles. The lowest BCUT2D eigenvalue weighted by Gasteiger charge is -2.26. The van der Waals surface area contributed by atoms with Gasteiger partial charge >= 0.3 is 12.1 Å². The molecule has 3 N–H and O–H groups in total. The van der Waals surface area contributed by atoms with E-state index in [0.29, 0.717) is 19.3 Å². The van der Waals surface area contributed by atoms with Gasteiger partial charge in [0.2, 0.25) is 5.91 Å². The maximum absolute atomic E-state index is 12.5. The van der Waals surface area contributed by atoms with Crippen LogP contribution in [-0.4, -0.2) is 41.3 Å². The van der Waals surface area contributed by atoms with Crippen molar-refractivity contribution in [3.63, 3.8) is 0 Å². The second-order valence-electron chi connectivity index (χ2n) is 9.08. The number of ether oxygens (including phenoxy) is 1. The van der Waals surface area contributed by atoms with Crippen molar-refractivity contribution in [1.82, 2.24) is 10.6 Å². The molecule has 7 heteroatoms. The topological polar surface area (TPSA) is 105 Å². The number of nitrogens with one attached hydrogen (secondary N) is 2. The van der Waals surface area contributed by atoms with Gasteiger partial charge in [-0.1, -0.05) is 61.9 Å². The fourth-order valence-electron chi connectivity index (χ4n) is 4.21. The minimum atomic E-state index is -1.04. The fraction of sp³-hybridized carbons (Fsp3) is 0.423. The number of carbonyl (C=O) groups excluding carboxylic acids is 2. The largest absolute Gasteiger partial charge is 0.480 e. The Morgan fingerprint density at radius 1 is 1.03 bits per heavy atom. The fourth-order valence-corrected chi connectivity index (χ4v) is 4.21. The number of hydrogen-bond acceptors (Lipinski definition) is 4. The van der Waals surface area contributed by atoms with Crippen LogP contribution in [0.2, 0.25) is 0 Å². The molecule has 3 rings (SSSR count). The Morgan fingerprint density at radius 2 is 1.61 bits per heavy atom. The van der Waals surface area contributed by atoms with Crippen molar-refractivity contribution < 1.29 is 24.2 Å². The Balaban J connectivity index is 1.52. The molecule has 0 bridgehead atoms. The zero-order chi connectivity index (χ0) is 24.0. The van der Waals surface area contributed by atoms with E-state index in [1.54, 1.807) is 0 Å². The van der Waals surface area contributed by atoms with Crippen molar-refractivity contribution in [2.24, 2.45) is 0 Å². The number of rotatable bonds is 10. The van der Waals surface area contributed by atoms with E-state index >= 15 is 0 Å². The lowest BCUT2D eigenvalue weighted by molar-refractivity contribution is -0.142. The third-order valence-electron chi connectivity index (χ3n) is 5.97. The van der Waals surface area contributed by atoms with Gasteiger partial charge < -0.3 is 20.5 Å². The van der Waals surface area contributed by atoms with Crippen LogP contribution in [0.3, 0.4) is 0 Å². The van der Waals surface area contributed by atoms with Gasteiger partial charge in [0.25, 0.3) is 0 Å². The van der Waals surface area contributed by atoms with E-state index in [1.165, 1.54) is 0 Å². The highest BCUT2D eigenvalue weighted by atomic mass is 16.5. The molecule has 7 nitrogen and oxygen atoms in total. The van der Waals surface area contributed by atoms with Crippen LogP contribution >= 0.6 is 0 Å². The van der Waals surface area contributed by atoms with Crippen molar-refractivity contribution in [2.75, 3.05) is 6.61 Å². The first-order chi connectivity index (χ1) is 15.7. The van der Waals surface area contributed by atoms with Crippen LogP contribution in [0, 0.1) is 0 Å². The van der Waals surface area contributed by atoms with Crippen LogP contribution in [0.4, 0.5) is 4.79 Å². The first-order valence-electron chi connectivity index (χ1n) is 11.4. The van der Waals surface area contributed by atoms with E-state index in [1.807, 2.05) is 45.0 Å². The minimum Gasteiger partial charge on any atom is -0.480 e. The average Bonchev–Trinajstić information content (AvgIpc) is 3.09. The molecule has 176 valence electrons. The van der Waals surface area contributed by atoms with Crippen molar-refractivity contribution in [1.29, 1.82) is 0 Å². The molecule has 0 spiro atoms. The predicted octanol–water partition coefficient (Wildman–Crippen LogP) is 4.45. The van der Waals surface area contributed by atoms with Crippen molar-refractivity contribution in [3.05, 3.63) is 59.7 Å². The molecule has 2 aromatic carbocycles. The molecule has 0 aliphatic heterocycles. The maximum Gasteiger partial charge on any atom is 0.407 e.